The van der Waals surface area contributed by atoms with Gasteiger partial charge in [0.25, 0.3) is 0 Å². The van der Waals surface area contributed by atoms with E-state index in [0.717, 1.165) is 5.56 Å². The summed E-state index contributed by atoms with van der Waals surface area (Å²) >= 11 is 0. The lowest BCUT2D eigenvalue weighted by atomic mass is 10.1. The molecule has 0 aliphatic carbocycles. The van der Waals surface area contributed by atoms with Gasteiger partial charge in [-0.25, -0.2) is 8.42 Å². The Bertz CT molecular complexity index is 774. The zero-order valence-corrected chi connectivity index (χ0v) is 13.5. The lowest BCUT2D eigenvalue weighted by molar-refractivity contribution is -0.141. The van der Waals surface area contributed by atoms with Gasteiger partial charge < -0.3 is 10.0 Å². The van der Waals surface area contributed by atoms with Crippen molar-refractivity contribution in [2.75, 3.05) is 24.5 Å². The van der Waals surface area contributed by atoms with Crippen LogP contribution in [-0.4, -0.2) is 49.3 Å². The number of fused-ring (bicyclic) bond motifs is 1. The second-order valence-corrected chi connectivity index (χ2v) is 7.84. The van der Waals surface area contributed by atoms with Gasteiger partial charge >= 0.3 is 5.97 Å². The molecule has 0 bridgehead atoms. The second kappa shape index (κ2) is 5.61. The van der Waals surface area contributed by atoms with Gasteiger partial charge in [-0.15, -0.1) is 0 Å². The topological polar surface area (TPSA) is 95.0 Å². The normalized spacial score (nSPS) is 21.4. The second-order valence-electron chi connectivity index (χ2n) is 5.90. The number of hydrogen-bond donors (Lipinski definition) is 1. The monoisotopic (exact) mass is 338 g/mol. The first-order valence-corrected chi connectivity index (χ1v) is 8.88. The maximum atomic E-state index is 12.7. The van der Waals surface area contributed by atoms with Gasteiger partial charge in [0.15, 0.2) is 0 Å². The number of sulfonamides is 1. The predicted octanol–water partition coefficient (Wildman–Crippen LogP) is 0.691. The Balaban J connectivity index is 1.92. The number of carbonyl (C=O) groups excluding carboxylic acids is 1. The van der Waals surface area contributed by atoms with Crippen LogP contribution in [0.15, 0.2) is 23.1 Å². The van der Waals surface area contributed by atoms with Crippen molar-refractivity contribution in [3.8, 4) is 0 Å². The number of carboxylic acids is 1. The van der Waals surface area contributed by atoms with Gasteiger partial charge in [0, 0.05) is 32.2 Å². The molecule has 2 aliphatic rings. The Morgan fingerprint density at radius 1 is 1.26 bits per heavy atom. The van der Waals surface area contributed by atoms with E-state index >= 15 is 0 Å². The number of carboxylic acid groups (broad SMARTS) is 1. The van der Waals surface area contributed by atoms with Crippen molar-refractivity contribution < 1.29 is 23.1 Å². The molecule has 1 aromatic rings. The summed E-state index contributed by atoms with van der Waals surface area (Å²) in [4.78, 5) is 24.3. The summed E-state index contributed by atoms with van der Waals surface area (Å²) in [7, 11) is -3.74. The number of benzene rings is 1. The zero-order chi connectivity index (χ0) is 16.8. The smallest absolute Gasteiger partial charge is 0.307 e. The quantitative estimate of drug-likeness (QED) is 0.875. The van der Waals surface area contributed by atoms with E-state index in [1.165, 1.54) is 23.4 Å². The third-order valence-corrected chi connectivity index (χ3v) is 6.33. The molecule has 7 nitrogen and oxygen atoms in total. The van der Waals surface area contributed by atoms with Crippen LogP contribution in [0, 0.1) is 5.92 Å². The first-order chi connectivity index (χ1) is 10.8. The molecule has 0 saturated carbocycles. The number of hydrogen-bond acceptors (Lipinski definition) is 4. The molecule has 0 aromatic heterocycles. The molecule has 124 valence electrons. The van der Waals surface area contributed by atoms with E-state index in [2.05, 4.69) is 0 Å². The molecular formula is C15H18N2O5S. The van der Waals surface area contributed by atoms with Gasteiger partial charge in [0.1, 0.15) is 0 Å². The van der Waals surface area contributed by atoms with E-state index < -0.39 is 21.9 Å². The minimum atomic E-state index is -3.74. The van der Waals surface area contributed by atoms with Crippen LogP contribution < -0.4 is 4.90 Å². The van der Waals surface area contributed by atoms with Gasteiger partial charge in [0.05, 0.1) is 10.8 Å². The maximum Gasteiger partial charge on any atom is 0.307 e. The summed E-state index contributed by atoms with van der Waals surface area (Å²) in [6, 6.07) is 4.79. The Morgan fingerprint density at radius 3 is 2.61 bits per heavy atom. The molecule has 2 heterocycles. The molecular weight excluding hydrogens is 320 g/mol. The van der Waals surface area contributed by atoms with Crippen molar-refractivity contribution >= 4 is 27.6 Å². The SMILES string of the molecule is CC(=O)N1CCc2ccc(S(=O)(=O)N3CC[C@@H](C(=O)O)C3)cc21. The van der Waals surface area contributed by atoms with Crippen LogP contribution in [0.2, 0.25) is 0 Å². The molecule has 3 rings (SSSR count). The number of amides is 1. The van der Waals surface area contributed by atoms with E-state index in [-0.39, 0.29) is 23.9 Å². The summed E-state index contributed by atoms with van der Waals surface area (Å²) in [5.41, 5.74) is 1.58. The summed E-state index contributed by atoms with van der Waals surface area (Å²) in [6.45, 7) is 2.20. The number of aliphatic carboxylic acids is 1. The summed E-state index contributed by atoms with van der Waals surface area (Å²) in [6.07, 6.45) is 1.03. The van der Waals surface area contributed by atoms with Crippen LogP contribution in [0.5, 0.6) is 0 Å². The fourth-order valence-electron chi connectivity index (χ4n) is 3.14. The van der Waals surface area contributed by atoms with Crippen LogP contribution in [0.4, 0.5) is 5.69 Å². The molecule has 1 aromatic carbocycles. The third kappa shape index (κ3) is 2.72. The molecule has 1 amide bonds. The number of carbonyl (C=O) groups is 2. The first kappa shape index (κ1) is 15.9. The van der Waals surface area contributed by atoms with E-state index in [9.17, 15) is 18.0 Å². The molecule has 0 spiro atoms. The van der Waals surface area contributed by atoms with Crippen molar-refractivity contribution in [3.05, 3.63) is 23.8 Å². The van der Waals surface area contributed by atoms with Crippen LogP contribution in [0.25, 0.3) is 0 Å². The third-order valence-electron chi connectivity index (χ3n) is 4.47. The largest absolute Gasteiger partial charge is 0.481 e. The molecule has 23 heavy (non-hydrogen) atoms. The van der Waals surface area contributed by atoms with Crippen LogP contribution in [0.1, 0.15) is 18.9 Å². The highest BCUT2D eigenvalue weighted by molar-refractivity contribution is 7.89. The molecule has 0 radical (unpaired) electrons. The van der Waals surface area contributed by atoms with Crippen molar-refractivity contribution in [3.63, 3.8) is 0 Å². The first-order valence-electron chi connectivity index (χ1n) is 7.44. The highest BCUT2D eigenvalue weighted by atomic mass is 32.2. The molecule has 8 heteroatoms. The average molecular weight is 338 g/mol. The van der Waals surface area contributed by atoms with E-state index in [4.69, 9.17) is 5.11 Å². The summed E-state index contributed by atoms with van der Waals surface area (Å²) < 4.78 is 26.6. The lowest BCUT2D eigenvalue weighted by Crippen LogP contribution is -2.30. The van der Waals surface area contributed by atoms with Crippen molar-refractivity contribution in [2.24, 2.45) is 5.92 Å². The standard InChI is InChI=1S/C15H18N2O5S/c1-10(18)17-7-5-11-2-3-13(8-14(11)17)23(21,22)16-6-4-12(9-16)15(19)20/h2-3,8,12H,4-7,9H2,1H3,(H,19,20)/t12-/m1/s1. The highest BCUT2D eigenvalue weighted by Gasteiger charge is 2.36. The predicted molar refractivity (Wildman–Crippen MR) is 82.7 cm³/mol. The van der Waals surface area contributed by atoms with Gasteiger partial charge in [-0.1, -0.05) is 6.07 Å². The van der Waals surface area contributed by atoms with E-state index in [0.29, 0.717) is 25.1 Å². The van der Waals surface area contributed by atoms with Crippen LogP contribution >= 0.6 is 0 Å². The van der Waals surface area contributed by atoms with Gasteiger partial charge in [-0.3, -0.25) is 9.59 Å². The highest BCUT2D eigenvalue weighted by Crippen LogP contribution is 2.32. The number of nitrogens with zero attached hydrogens (tertiary/aromatic N) is 2. The fourth-order valence-corrected chi connectivity index (χ4v) is 4.66. The fraction of sp³-hybridized carbons (Fsp3) is 0.467. The van der Waals surface area contributed by atoms with Crippen molar-refractivity contribution in [1.82, 2.24) is 4.31 Å². The zero-order valence-electron chi connectivity index (χ0n) is 12.7. The number of anilines is 1. The molecule has 1 N–H and O–H groups in total. The average Bonchev–Trinajstić information content (AvgIpc) is 3.13. The molecule has 1 atom stereocenters. The van der Waals surface area contributed by atoms with Gasteiger partial charge in [-0.05, 0) is 30.5 Å². The van der Waals surface area contributed by atoms with Crippen LogP contribution in [0.3, 0.4) is 0 Å². The molecule has 2 aliphatic heterocycles. The lowest BCUT2D eigenvalue weighted by Gasteiger charge is -2.19. The number of rotatable bonds is 3. The summed E-state index contributed by atoms with van der Waals surface area (Å²) in [5, 5.41) is 9.02. The van der Waals surface area contributed by atoms with Crippen molar-refractivity contribution in [2.45, 2.75) is 24.7 Å². The molecule has 1 fully saturated rings. The minimum Gasteiger partial charge on any atom is -0.481 e. The Kier molecular flexibility index (Phi) is 3.89. The molecule has 0 unspecified atom stereocenters. The maximum absolute atomic E-state index is 12.7. The van der Waals surface area contributed by atoms with Gasteiger partial charge in [-0.2, -0.15) is 4.31 Å². The molecule has 1 saturated heterocycles. The van der Waals surface area contributed by atoms with Gasteiger partial charge in [0.2, 0.25) is 15.9 Å². The van der Waals surface area contributed by atoms with E-state index in [1.807, 2.05) is 0 Å². The Hall–Kier alpha value is -1.93. The Morgan fingerprint density at radius 2 is 2.00 bits per heavy atom. The minimum absolute atomic E-state index is 0.00876. The van der Waals surface area contributed by atoms with E-state index in [1.54, 1.807) is 11.0 Å². The van der Waals surface area contributed by atoms with Crippen LogP contribution in [-0.2, 0) is 26.0 Å². The summed E-state index contributed by atoms with van der Waals surface area (Å²) in [5.74, 6) is -1.75. The Labute approximate surface area is 134 Å². The van der Waals surface area contributed by atoms with Crippen molar-refractivity contribution in [1.29, 1.82) is 0 Å².